The Labute approximate surface area is 96.8 Å². The van der Waals surface area contributed by atoms with Gasteiger partial charge in [-0.2, -0.15) is 0 Å². The minimum atomic E-state index is 0.561. The van der Waals surface area contributed by atoms with Gasteiger partial charge in [0, 0.05) is 0 Å². The van der Waals surface area contributed by atoms with Crippen LogP contribution in [0.25, 0.3) is 0 Å². The molecule has 0 aromatic rings. The average molecular weight is 208 g/mol. The van der Waals surface area contributed by atoms with Crippen LogP contribution in [-0.2, 0) is 0 Å². The Morgan fingerprint density at radius 1 is 1.00 bits per heavy atom. The van der Waals surface area contributed by atoms with Crippen LogP contribution in [0.4, 0.5) is 0 Å². The Balaban J connectivity index is 0. The Hall–Kier alpha value is -0.780. The number of hydrogen-bond donors (Lipinski definition) is 0. The van der Waals surface area contributed by atoms with Gasteiger partial charge in [0.25, 0.3) is 0 Å². The Morgan fingerprint density at radius 2 is 1.40 bits per heavy atom. The first-order valence-corrected chi connectivity index (χ1v) is 5.87. The van der Waals surface area contributed by atoms with Gasteiger partial charge >= 0.3 is 0 Å². The molecule has 15 heavy (non-hydrogen) atoms. The normalized spacial score (nSPS) is 16.3. The molecule has 0 aromatic heterocycles. The lowest BCUT2D eigenvalue weighted by atomic mass is 9.99. The first-order chi connectivity index (χ1) is 7.04. The van der Waals surface area contributed by atoms with Crippen molar-refractivity contribution in [1.29, 1.82) is 0 Å². The third-order valence-corrected chi connectivity index (χ3v) is 2.62. The summed E-state index contributed by atoms with van der Waals surface area (Å²) < 4.78 is 0. The van der Waals surface area contributed by atoms with E-state index in [1.807, 2.05) is 13.8 Å². The molecule has 0 amide bonds. The largest absolute Gasteiger partial charge is 0.106 e. The van der Waals surface area contributed by atoms with Crippen LogP contribution in [0.3, 0.4) is 0 Å². The molecule has 0 unspecified atom stereocenters. The zero-order valence-electron chi connectivity index (χ0n) is 11.5. The van der Waals surface area contributed by atoms with Crippen molar-refractivity contribution >= 4 is 0 Å². The minimum Gasteiger partial charge on any atom is -0.106 e. The highest BCUT2D eigenvalue weighted by molar-refractivity contribution is 5.23. The molecule has 0 aliphatic heterocycles. The van der Waals surface area contributed by atoms with Gasteiger partial charge in [0.15, 0.2) is 0 Å². The zero-order valence-corrected chi connectivity index (χ0v) is 11.5. The summed E-state index contributed by atoms with van der Waals surface area (Å²) in [7, 11) is 0. The van der Waals surface area contributed by atoms with E-state index in [-0.39, 0.29) is 0 Å². The fraction of sp³-hybridized carbons (Fsp3) is 0.600. The summed E-state index contributed by atoms with van der Waals surface area (Å²) in [6.07, 6.45) is 7.24. The summed E-state index contributed by atoms with van der Waals surface area (Å²) in [5, 5.41) is 0. The molecule has 1 aliphatic carbocycles. The number of rotatable bonds is 2. The fourth-order valence-electron chi connectivity index (χ4n) is 1.07. The molecule has 1 aliphatic rings. The van der Waals surface area contributed by atoms with Crippen molar-refractivity contribution in [2.24, 2.45) is 5.41 Å². The van der Waals surface area contributed by atoms with Gasteiger partial charge in [0.1, 0.15) is 0 Å². The second kappa shape index (κ2) is 8.52. The Bertz CT molecular complexity index is 210. The Morgan fingerprint density at radius 3 is 1.67 bits per heavy atom. The van der Waals surface area contributed by atoms with Crippen molar-refractivity contribution in [3.63, 3.8) is 0 Å². The minimum absolute atomic E-state index is 0.561. The lowest BCUT2D eigenvalue weighted by Crippen LogP contribution is -1.93. The van der Waals surface area contributed by atoms with Crippen LogP contribution in [0.5, 0.6) is 0 Å². The summed E-state index contributed by atoms with van der Waals surface area (Å²) in [6, 6.07) is 0. The quantitative estimate of drug-likeness (QED) is 0.413. The van der Waals surface area contributed by atoms with Crippen LogP contribution in [-0.4, -0.2) is 0 Å². The topological polar surface area (TPSA) is 0 Å². The summed E-state index contributed by atoms with van der Waals surface area (Å²) in [5.41, 5.74) is 3.48. The maximum atomic E-state index is 3.00. The number of hydrogen-bond acceptors (Lipinski definition) is 0. The van der Waals surface area contributed by atoms with Crippen molar-refractivity contribution in [3.05, 3.63) is 36.5 Å². The third kappa shape index (κ3) is 7.18. The van der Waals surface area contributed by atoms with Crippen LogP contribution >= 0.6 is 0 Å². The zero-order chi connectivity index (χ0) is 12.5. The summed E-state index contributed by atoms with van der Waals surface area (Å²) in [5.74, 6) is 0. The predicted molar refractivity (Wildman–Crippen MR) is 73.1 cm³/mol. The maximum absolute atomic E-state index is 3.00. The van der Waals surface area contributed by atoms with Gasteiger partial charge in [0.05, 0.1) is 0 Å². The summed E-state index contributed by atoms with van der Waals surface area (Å²) in [6.45, 7) is 18.9. The van der Waals surface area contributed by atoms with E-state index in [0.717, 1.165) is 0 Å². The molecule has 0 saturated heterocycles. The molecule has 1 fully saturated rings. The lowest BCUT2D eigenvalue weighted by molar-refractivity contribution is 0.689. The first-order valence-electron chi connectivity index (χ1n) is 5.87. The summed E-state index contributed by atoms with van der Waals surface area (Å²) in [4.78, 5) is 0. The highest BCUT2D eigenvalue weighted by atomic mass is 14.4. The van der Waals surface area contributed by atoms with Crippen molar-refractivity contribution < 1.29 is 0 Å². The Kier molecular flexibility index (Phi) is 9.46. The van der Waals surface area contributed by atoms with Crippen LogP contribution in [0.2, 0.25) is 0 Å². The molecule has 0 aromatic carbocycles. The van der Waals surface area contributed by atoms with Crippen molar-refractivity contribution in [2.45, 2.75) is 54.4 Å². The third-order valence-electron chi connectivity index (χ3n) is 2.62. The highest BCUT2D eigenvalue weighted by Gasteiger charge is 2.38. The van der Waals surface area contributed by atoms with Gasteiger partial charge < -0.3 is 0 Å². The molecule has 0 bridgehead atoms. The van der Waals surface area contributed by atoms with Crippen LogP contribution < -0.4 is 0 Å². The van der Waals surface area contributed by atoms with E-state index >= 15 is 0 Å². The smallest absolute Gasteiger partial charge is 0.0115 e. The lowest BCUT2D eigenvalue weighted by Gasteiger charge is -2.06. The first kappa shape index (κ1) is 16.6. The van der Waals surface area contributed by atoms with Crippen molar-refractivity contribution in [1.82, 2.24) is 0 Å². The molecule has 0 atom stereocenters. The van der Waals surface area contributed by atoms with E-state index < -0.39 is 0 Å². The highest BCUT2D eigenvalue weighted by Crippen LogP contribution is 2.51. The molecule has 0 heteroatoms. The van der Waals surface area contributed by atoms with E-state index in [1.54, 1.807) is 5.57 Å². The predicted octanol–water partition coefficient (Wildman–Crippen LogP) is 5.53. The molecule has 88 valence electrons. The van der Waals surface area contributed by atoms with Gasteiger partial charge in [-0.25, -0.2) is 0 Å². The molecule has 0 N–H and O–H groups in total. The second-order valence-electron chi connectivity index (χ2n) is 4.15. The molecule has 0 heterocycles. The molecule has 1 saturated carbocycles. The van der Waals surface area contributed by atoms with Crippen molar-refractivity contribution in [3.8, 4) is 0 Å². The summed E-state index contributed by atoms with van der Waals surface area (Å²) >= 11 is 0. The molecule has 0 radical (unpaired) electrons. The molecule has 0 spiro atoms. The standard InChI is InChI=1S/C11H18.C2H6.C2H4/c1-9(2)5-6-10(3)11(4)7-8-11;2*1-2/h5-6H,7-8H2,1-4H3;1-2H3;1-2H2/b10-6+;;. The molecule has 1 rings (SSSR count). The second-order valence-corrected chi connectivity index (χ2v) is 4.15. The average Bonchev–Trinajstić information content (AvgIpc) is 3.00. The monoisotopic (exact) mass is 208 g/mol. The van der Waals surface area contributed by atoms with Crippen LogP contribution in [0.15, 0.2) is 36.5 Å². The van der Waals surface area contributed by atoms with Crippen LogP contribution in [0, 0.1) is 5.41 Å². The van der Waals surface area contributed by atoms with E-state index in [9.17, 15) is 0 Å². The van der Waals surface area contributed by atoms with Crippen molar-refractivity contribution in [2.75, 3.05) is 0 Å². The fourth-order valence-corrected chi connectivity index (χ4v) is 1.07. The van der Waals surface area contributed by atoms with Gasteiger partial charge in [-0.3, -0.25) is 0 Å². The van der Waals surface area contributed by atoms with Gasteiger partial charge in [-0.1, -0.05) is 44.1 Å². The van der Waals surface area contributed by atoms with Gasteiger partial charge in [0.2, 0.25) is 0 Å². The van der Waals surface area contributed by atoms with Gasteiger partial charge in [-0.15, -0.1) is 13.2 Å². The van der Waals surface area contributed by atoms with Gasteiger partial charge in [-0.05, 0) is 39.0 Å². The molecule has 0 nitrogen and oxygen atoms in total. The van der Waals surface area contributed by atoms with Crippen LogP contribution in [0.1, 0.15) is 54.4 Å². The molecular weight excluding hydrogens is 180 g/mol. The molecular formula is C15H28. The SMILES string of the molecule is C=C.CC.CC(C)=C/C=C(\C)C1(C)CC1. The van der Waals surface area contributed by atoms with E-state index in [1.165, 1.54) is 18.4 Å². The number of allylic oxidation sites excluding steroid dienone is 4. The van der Waals surface area contributed by atoms with E-state index in [0.29, 0.717) is 5.41 Å². The van der Waals surface area contributed by atoms with E-state index in [4.69, 9.17) is 0 Å². The van der Waals surface area contributed by atoms with E-state index in [2.05, 4.69) is 53.0 Å². The maximum Gasteiger partial charge on any atom is -0.0115 e.